The summed E-state index contributed by atoms with van der Waals surface area (Å²) in [7, 11) is 1.46. The van der Waals surface area contributed by atoms with Gasteiger partial charge in [0, 0.05) is 17.8 Å². The molecule has 0 saturated carbocycles. The van der Waals surface area contributed by atoms with Crippen LogP contribution in [0.2, 0.25) is 0 Å². The minimum atomic E-state index is -0.328. The molecule has 3 heteroatoms. The van der Waals surface area contributed by atoms with Gasteiger partial charge >= 0.3 is 0 Å². The Balaban J connectivity index is 2.66. The van der Waals surface area contributed by atoms with Crippen molar-refractivity contribution in [3.05, 3.63) is 24.0 Å². The van der Waals surface area contributed by atoms with Crippen molar-refractivity contribution in [3.63, 3.8) is 0 Å². The molecule has 0 bridgehead atoms. The van der Waals surface area contributed by atoms with E-state index >= 15 is 0 Å². The minimum Gasteiger partial charge on any atom is -0.494 e. The lowest BCUT2D eigenvalue weighted by Gasteiger charge is -2.14. The van der Waals surface area contributed by atoms with Crippen LogP contribution in [0.15, 0.2) is 18.2 Å². The van der Waals surface area contributed by atoms with Crippen LogP contribution in [-0.2, 0) is 0 Å². The Kier molecular flexibility index (Phi) is 4.40. The zero-order valence-electron chi connectivity index (χ0n) is 9.51. The number of anilines is 1. The Morgan fingerprint density at radius 1 is 1.47 bits per heavy atom. The van der Waals surface area contributed by atoms with Crippen LogP contribution in [0.4, 0.5) is 10.1 Å². The first-order chi connectivity index (χ1) is 7.17. The number of rotatable bonds is 5. The van der Waals surface area contributed by atoms with Crippen LogP contribution in [0.5, 0.6) is 5.75 Å². The van der Waals surface area contributed by atoms with Gasteiger partial charge < -0.3 is 10.1 Å². The highest BCUT2D eigenvalue weighted by molar-refractivity contribution is 5.47. The number of methoxy groups -OCH3 is 1. The maximum Gasteiger partial charge on any atom is 0.167 e. The van der Waals surface area contributed by atoms with Gasteiger partial charge in [0.25, 0.3) is 0 Å². The molecule has 0 aliphatic rings. The van der Waals surface area contributed by atoms with Crippen LogP contribution in [0.1, 0.15) is 26.7 Å². The van der Waals surface area contributed by atoms with E-state index in [1.54, 1.807) is 6.07 Å². The zero-order valence-corrected chi connectivity index (χ0v) is 9.51. The molecule has 0 unspecified atom stereocenters. The first-order valence-corrected chi connectivity index (χ1v) is 5.27. The van der Waals surface area contributed by atoms with Crippen molar-refractivity contribution in [1.82, 2.24) is 0 Å². The smallest absolute Gasteiger partial charge is 0.167 e. The summed E-state index contributed by atoms with van der Waals surface area (Å²) in [5.74, 6) is -0.0464. The summed E-state index contributed by atoms with van der Waals surface area (Å²) in [4.78, 5) is 0. The molecule has 0 heterocycles. The van der Waals surface area contributed by atoms with Crippen molar-refractivity contribution in [2.24, 2.45) is 0 Å². The minimum absolute atomic E-state index is 0.281. The molecule has 1 aromatic rings. The second-order valence-electron chi connectivity index (χ2n) is 3.68. The Morgan fingerprint density at radius 2 is 2.20 bits per heavy atom. The van der Waals surface area contributed by atoms with E-state index in [1.807, 2.05) is 6.07 Å². The highest BCUT2D eigenvalue weighted by atomic mass is 19.1. The quantitative estimate of drug-likeness (QED) is 0.805. The van der Waals surface area contributed by atoms with Gasteiger partial charge in [0.1, 0.15) is 0 Å². The molecule has 0 spiro atoms. The Bertz CT molecular complexity index is 314. The van der Waals surface area contributed by atoms with Crippen molar-refractivity contribution in [3.8, 4) is 5.75 Å². The molecule has 0 saturated heterocycles. The van der Waals surface area contributed by atoms with E-state index in [-0.39, 0.29) is 11.6 Å². The van der Waals surface area contributed by atoms with Gasteiger partial charge in [-0.15, -0.1) is 0 Å². The van der Waals surface area contributed by atoms with Gasteiger partial charge in [-0.25, -0.2) is 4.39 Å². The molecular formula is C12H18FNO. The first-order valence-electron chi connectivity index (χ1n) is 5.27. The number of halogens is 1. The zero-order chi connectivity index (χ0) is 11.3. The fraction of sp³-hybridized carbons (Fsp3) is 0.500. The third-order valence-corrected chi connectivity index (χ3v) is 2.29. The molecule has 0 radical (unpaired) electrons. The molecule has 0 aliphatic heterocycles. The molecule has 1 N–H and O–H groups in total. The lowest BCUT2D eigenvalue weighted by atomic mass is 10.2. The molecule has 0 aromatic heterocycles. The molecule has 1 rings (SSSR count). The van der Waals surface area contributed by atoms with Gasteiger partial charge in [-0.2, -0.15) is 0 Å². The normalized spacial score (nSPS) is 12.3. The highest BCUT2D eigenvalue weighted by Crippen LogP contribution is 2.21. The summed E-state index contributed by atoms with van der Waals surface area (Å²) < 4.78 is 18.2. The number of nitrogens with one attached hydrogen (secondary N) is 1. The fourth-order valence-corrected chi connectivity index (χ4v) is 1.55. The van der Waals surface area contributed by atoms with Crippen molar-refractivity contribution in [2.45, 2.75) is 32.7 Å². The van der Waals surface area contributed by atoms with Crippen LogP contribution >= 0.6 is 0 Å². The molecule has 0 amide bonds. The van der Waals surface area contributed by atoms with E-state index in [9.17, 15) is 4.39 Å². The average Bonchev–Trinajstić information content (AvgIpc) is 2.18. The van der Waals surface area contributed by atoms with Gasteiger partial charge in [0.2, 0.25) is 0 Å². The van der Waals surface area contributed by atoms with Crippen LogP contribution < -0.4 is 10.1 Å². The maximum absolute atomic E-state index is 13.3. The van der Waals surface area contributed by atoms with E-state index in [0.29, 0.717) is 6.04 Å². The van der Waals surface area contributed by atoms with E-state index in [0.717, 1.165) is 18.5 Å². The van der Waals surface area contributed by atoms with Gasteiger partial charge in [0.15, 0.2) is 11.6 Å². The van der Waals surface area contributed by atoms with Crippen LogP contribution in [-0.4, -0.2) is 13.2 Å². The lowest BCUT2D eigenvalue weighted by molar-refractivity contribution is 0.386. The first kappa shape index (κ1) is 11.8. The van der Waals surface area contributed by atoms with Gasteiger partial charge in [-0.3, -0.25) is 0 Å². The molecule has 0 aliphatic carbocycles. The van der Waals surface area contributed by atoms with Crippen molar-refractivity contribution >= 4 is 5.69 Å². The van der Waals surface area contributed by atoms with Crippen LogP contribution in [0.25, 0.3) is 0 Å². The van der Waals surface area contributed by atoms with E-state index in [2.05, 4.69) is 19.2 Å². The average molecular weight is 211 g/mol. The SMILES string of the molecule is CCC[C@H](C)Nc1ccc(OC)c(F)c1. The summed E-state index contributed by atoms with van der Waals surface area (Å²) in [5, 5.41) is 3.24. The fourth-order valence-electron chi connectivity index (χ4n) is 1.55. The number of ether oxygens (including phenoxy) is 1. The molecule has 1 atom stereocenters. The number of benzene rings is 1. The molecule has 1 aromatic carbocycles. The van der Waals surface area contributed by atoms with Crippen molar-refractivity contribution in [1.29, 1.82) is 0 Å². The van der Waals surface area contributed by atoms with E-state index < -0.39 is 0 Å². The Hall–Kier alpha value is -1.25. The van der Waals surface area contributed by atoms with E-state index in [1.165, 1.54) is 13.2 Å². The third kappa shape index (κ3) is 3.42. The largest absolute Gasteiger partial charge is 0.494 e. The Labute approximate surface area is 90.4 Å². The standard InChI is InChI=1S/C12H18FNO/c1-4-5-9(2)14-10-6-7-12(15-3)11(13)8-10/h6-9,14H,4-5H2,1-3H3/t9-/m0/s1. The number of hydrogen-bond acceptors (Lipinski definition) is 2. The summed E-state index contributed by atoms with van der Waals surface area (Å²) in [6.07, 6.45) is 2.19. The molecule has 84 valence electrons. The summed E-state index contributed by atoms with van der Waals surface area (Å²) in [6.45, 7) is 4.22. The van der Waals surface area contributed by atoms with Crippen molar-refractivity contribution in [2.75, 3.05) is 12.4 Å². The Morgan fingerprint density at radius 3 is 2.73 bits per heavy atom. The predicted octanol–water partition coefficient (Wildman–Crippen LogP) is 3.43. The highest BCUT2D eigenvalue weighted by Gasteiger charge is 2.05. The summed E-state index contributed by atoms with van der Waals surface area (Å²) in [5.41, 5.74) is 0.800. The maximum atomic E-state index is 13.3. The lowest BCUT2D eigenvalue weighted by Crippen LogP contribution is -2.14. The third-order valence-electron chi connectivity index (χ3n) is 2.29. The second kappa shape index (κ2) is 5.59. The summed E-state index contributed by atoms with van der Waals surface area (Å²) >= 11 is 0. The monoisotopic (exact) mass is 211 g/mol. The number of hydrogen-bond donors (Lipinski definition) is 1. The topological polar surface area (TPSA) is 21.3 Å². The molecule has 2 nitrogen and oxygen atoms in total. The van der Waals surface area contributed by atoms with Gasteiger partial charge in [-0.1, -0.05) is 13.3 Å². The predicted molar refractivity (Wildman–Crippen MR) is 60.9 cm³/mol. The second-order valence-corrected chi connectivity index (χ2v) is 3.68. The van der Waals surface area contributed by atoms with E-state index in [4.69, 9.17) is 4.74 Å². The molecule has 0 fully saturated rings. The van der Waals surface area contributed by atoms with Gasteiger partial charge in [-0.05, 0) is 25.5 Å². The van der Waals surface area contributed by atoms with Gasteiger partial charge in [0.05, 0.1) is 7.11 Å². The summed E-state index contributed by atoms with van der Waals surface area (Å²) in [6, 6.07) is 5.29. The van der Waals surface area contributed by atoms with Crippen LogP contribution in [0, 0.1) is 5.82 Å². The molecule has 15 heavy (non-hydrogen) atoms. The van der Waals surface area contributed by atoms with Crippen molar-refractivity contribution < 1.29 is 9.13 Å². The molecular weight excluding hydrogens is 193 g/mol. The van der Waals surface area contributed by atoms with Crippen LogP contribution in [0.3, 0.4) is 0 Å².